The maximum atomic E-state index is 12.0. The minimum Gasteiger partial charge on any atom is -0.298 e. The van der Waals surface area contributed by atoms with Crippen molar-refractivity contribution in [3.8, 4) is 0 Å². The van der Waals surface area contributed by atoms with Crippen LogP contribution in [0, 0.1) is 10.1 Å². The number of nitro groups is 1. The Kier molecular flexibility index (Phi) is 3.85. The molecule has 0 atom stereocenters. The average molecular weight is 291 g/mol. The molecule has 0 aliphatic rings. The van der Waals surface area contributed by atoms with Gasteiger partial charge in [-0.3, -0.25) is 25.0 Å². The summed E-state index contributed by atoms with van der Waals surface area (Å²) >= 11 is 1.08. The van der Waals surface area contributed by atoms with Gasteiger partial charge in [-0.25, -0.2) is 4.98 Å². The number of ketones is 1. The Bertz CT molecular complexity index is 696. The number of anilines is 1. The molecule has 102 valence electrons. The Morgan fingerprint density at radius 3 is 2.65 bits per heavy atom. The first kappa shape index (κ1) is 13.8. The average Bonchev–Trinajstić information content (AvgIpc) is 2.87. The number of nitro benzene ring substituents is 1. The van der Waals surface area contributed by atoms with Gasteiger partial charge in [0.15, 0.2) is 10.9 Å². The fourth-order valence-electron chi connectivity index (χ4n) is 1.48. The molecule has 0 saturated heterocycles. The first-order valence-corrected chi connectivity index (χ1v) is 6.38. The summed E-state index contributed by atoms with van der Waals surface area (Å²) in [6.45, 7) is 1.36. The third-order valence-electron chi connectivity index (χ3n) is 2.43. The number of hydrogen-bond acceptors (Lipinski definition) is 6. The normalized spacial score (nSPS) is 10.1. The second-order valence-corrected chi connectivity index (χ2v) is 4.68. The first-order chi connectivity index (χ1) is 9.49. The number of amides is 1. The van der Waals surface area contributed by atoms with E-state index < -0.39 is 10.8 Å². The molecule has 2 aromatic rings. The standard InChI is InChI=1S/C12H9N3O4S/c1-7(16)9-6-20-12(13-9)14-11(17)8-4-2-3-5-10(8)15(18)19/h2-6H,1H3,(H,13,14,17). The van der Waals surface area contributed by atoms with Crippen LogP contribution < -0.4 is 5.32 Å². The van der Waals surface area contributed by atoms with Crippen LogP contribution in [-0.2, 0) is 0 Å². The van der Waals surface area contributed by atoms with Crippen molar-refractivity contribution in [3.05, 3.63) is 51.0 Å². The molecule has 0 saturated carbocycles. The minimum atomic E-state index is -0.637. The maximum Gasteiger partial charge on any atom is 0.282 e. The van der Waals surface area contributed by atoms with Crippen molar-refractivity contribution >= 4 is 33.8 Å². The van der Waals surface area contributed by atoms with Crippen LogP contribution >= 0.6 is 11.3 Å². The fourth-order valence-corrected chi connectivity index (χ4v) is 2.23. The summed E-state index contributed by atoms with van der Waals surface area (Å²) in [7, 11) is 0. The van der Waals surface area contributed by atoms with Gasteiger partial charge in [0.25, 0.3) is 11.6 Å². The summed E-state index contributed by atoms with van der Waals surface area (Å²) in [4.78, 5) is 37.2. The van der Waals surface area contributed by atoms with Gasteiger partial charge < -0.3 is 0 Å². The van der Waals surface area contributed by atoms with Gasteiger partial charge in [-0.05, 0) is 6.07 Å². The van der Waals surface area contributed by atoms with E-state index in [2.05, 4.69) is 10.3 Å². The van der Waals surface area contributed by atoms with Crippen molar-refractivity contribution in [2.45, 2.75) is 6.92 Å². The molecule has 1 N–H and O–H groups in total. The summed E-state index contributed by atoms with van der Waals surface area (Å²) in [6, 6.07) is 5.61. The number of Topliss-reactive ketones (excluding diaryl/α,β-unsaturated/α-hetero) is 1. The van der Waals surface area contributed by atoms with Gasteiger partial charge >= 0.3 is 0 Å². The summed E-state index contributed by atoms with van der Waals surface area (Å²) in [6.07, 6.45) is 0. The molecule has 1 aromatic heterocycles. The van der Waals surface area contributed by atoms with Gasteiger partial charge in [0.1, 0.15) is 11.3 Å². The number of carbonyl (C=O) groups is 2. The number of para-hydroxylation sites is 1. The second kappa shape index (κ2) is 5.57. The van der Waals surface area contributed by atoms with E-state index in [1.807, 2.05) is 0 Å². The van der Waals surface area contributed by atoms with Crippen LogP contribution in [0.5, 0.6) is 0 Å². The van der Waals surface area contributed by atoms with Crippen LogP contribution in [0.3, 0.4) is 0 Å². The Morgan fingerprint density at radius 2 is 2.05 bits per heavy atom. The fraction of sp³-hybridized carbons (Fsp3) is 0.0833. The van der Waals surface area contributed by atoms with Crippen LogP contribution in [0.15, 0.2) is 29.6 Å². The van der Waals surface area contributed by atoms with Crippen molar-refractivity contribution < 1.29 is 14.5 Å². The zero-order valence-electron chi connectivity index (χ0n) is 10.3. The molecule has 0 bridgehead atoms. The monoisotopic (exact) mass is 291 g/mol. The number of carbonyl (C=O) groups excluding carboxylic acids is 2. The Morgan fingerprint density at radius 1 is 1.35 bits per heavy atom. The van der Waals surface area contributed by atoms with Crippen LogP contribution in [0.4, 0.5) is 10.8 Å². The van der Waals surface area contributed by atoms with E-state index in [-0.39, 0.29) is 27.9 Å². The highest BCUT2D eigenvalue weighted by atomic mass is 32.1. The van der Waals surface area contributed by atoms with E-state index in [1.54, 1.807) is 0 Å². The van der Waals surface area contributed by atoms with Gasteiger partial charge in [0.05, 0.1) is 4.92 Å². The molecule has 1 amide bonds. The van der Waals surface area contributed by atoms with Crippen molar-refractivity contribution in [2.24, 2.45) is 0 Å². The largest absolute Gasteiger partial charge is 0.298 e. The number of benzene rings is 1. The van der Waals surface area contributed by atoms with Crippen molar-refractivity contribution in [3.63, 3.8) is 0 Å². The molecule has 1 aromatic carbocycles. The van der Waals surface area contributed by atoms with Gasteiger partial charge in [0, 0.05) is 18.4 Å². The zero-order chi connectivity index (χ0) is 14.7. The lowest BCUT2D eigenvalue weighted by Gasteiger charge is -2.02. The molecule has 0 fully saturated rings. The molecule has 8 heteroatoms. The summed E-state index contributed by atoms with van der Waals surface area (Å²) < 4.78 is 0. The molecule has 7 nitrogen and oxygen atoms in total. The molecule has 0 aliphatic heterocycles. The lowest BCUT2D eigenvalue weighted by molar-refractivity contribution is -0.385. The molecular weight excluding hydrogens is 282 g/mol. The van der Waals surface area contributed by atoms with Crippen LogP contribution in [0.2, 0.25) is 0 Å². The highest BCUT2D eigenvalue weighted by molar-refractivity contribution is 7.14. The lowest BCUT2D eigenvalue weighted by Crippen LogP contribution is -2.13. The second-order valence-electron chi connectivity index (χ2n) is 3.82. The van der Waals surface area contributed by atoms with Gasteiger partial charge in [0.2, 0.25) is 0 Å². The highest BCUT2D eigenvalue weighted by Crippen LogP contribution is 2.21. The summed E-state index contributed by atoms with van der Waals surface area (Å²) in [5.74, 6) is -0.853. The minimum absolute atomic E-state index is 0.0583. The molecule has 1 heterocycles. The van der Waals surface area contributed by atoms with Crippen molar-refractivity contribution in [1.82, 2.24) is 4.98 Å². The highest BCUT2D eigenvalue weighted by Gasteiger charge is 2.20. The van der Waals surface area contributed by atoms with E-state index >= 15 is 0 Å². The number of nitrogens with zero attached hydrogens (tertiary/aromatic N) is 2. The smallest absolute Gasteiger partial charge is 0.282 e. The maximum absolute atomic E-state index is 12.0. The van der Waals surface area contributed by atoms with E-state index in [0.29, 0.717) is 0 Å². The molecular formula is C12H9N3O4S. The van der Waals surface area contributed by atoms with E-state index in [4.69, 9.17) is 0 Å². The Balaban J connectivity index is 2.24. The third kappa shape index (κ3) is 2.86. The van der Waals surface area contributed by atoms with E-state index in [1.165, 1.54) is 36.6 Å². The summed E-state index contributed by atoms with van der Waals surface area (Å²) in [5, 5.41) is 15.0. The number of thiazole rings is 1. The predicted octanol–water partition coefficient (Wildman–Crippen LogP) is 2.51. The molecule has 0 unspecified atom stereocenters. The zero-order valence-corrected chi connectivity index (χ0v) is 11.1. The number of nitrogens with one attached hydrogen (secondary N) is 1. The van der Waals surface area contributed by atoms with Gasteiger partial charge in [-0.15, -0.1) is 11.3 Å². The molecule has 2 rings (SSSR count). The van der Waals surface area contributed by atoms with Gasteiger partial charge in [-0.2, -0.15) is 0 Å². The van der Waals surface area contributed by atoms with Crippen molar-refractivity contribution in [2.75, 3.05) is 5.32 Å². The molecule has 0 spiro atoms. The quantitative estimate of drug-likeness (QED) is 0.529. The van der Waals surface area contributed by atoms with Crippen LogP contribution in [-0.4, -0.2) is 21.6 Å². The van der Waals surface area contributed by atoms with Crippen molar-refractivity contribution in [1.29, 1.82) is 0 Å². The van der Waals surface area contributed by atoms with Crippen LogP contribution in [0.1, 0.15) is 27.8 Å². The van der Waals surface area contributed by atoms with E-state index in [0.717, 1.165) is 11.3 Å². The van der Waals surface area contributed by atoms with Gasteiger partial charge in [-0.1, -0.05) is 12.1 Å². The lowest BCUT2D eigenvalue weighted by atomic mass is 10.1. The topological polar surface area (TPSA) is 102 Å². The third-order valence-corrected chi connectivity index (χ3v) is 3.19. The van der Waals surface area contributed by atoms with E-state index in [9.17, 15) is 19.7 Å². The Hall–Kier alpha value is -2.61. The first-order valence-electron chi connectivity index (χ1n) is 5.50. The number of rotatable bonds is 4. The number of hydrogen-bond donors (Lipinski definition) is 1. The molecule has 0 radical (unpaired) electrons. The predicted molar refractivity (Wildman–Crippen MR) is 73.2 cm³/mol. The molecule has 20 heavy (non-hydrogen) atoms. The SMILES string of the molecule is CC(=O)c1csc(NC(=O)c2ccccc2[N+](=O)[O-])n1. The summed E-state index contributed by atoms with van der Waals surface area (Å²) in [5.41, 5.74) is -0.0988. The van der Waals surface area contributed by atoms with Crippen LogP contribution in [0.25, 0.3) is 0 Å². The Labute approximate surface area is 117 Å². The molecule has 0 aliphatic carbocycles. The number of aromatic nitrogens is 1.